The number of benzene rings is 1. The summed E-state index contributed by atoms with van der Waals surface area (Å²) in [6.07, 6.45) is -2.00. The van der Waals surface area contributed by atoms with E-state index >= 15 is 0 Å². The highest BCUT2D eigenvalue weighted by molar-refractivity contribution is 5.94. The predicted octanol–water partition coefficient (Wildman–Crippen LogP) is -0.0956. The lowest BCUT2D eigenvalue weighted by Crippen LogP contribution is -2.56. The number of amides is 1. The first-order valence-corrected chi connectivity index (χ1v) is 7.47. The molecule has 0 aliphatic carbocycles. The van der Waals surface area contributed by atoms with Gasteiger partial charge in [-0.2, -0.15) is 0 Å². The van der Waals surface area contributed by atoms with Crippen LogP contribution in [0.4, 0.5) is 0 Å². The number of ether oxygens (including phenoxy) is 3. The van der Waals surface area contributed by atoms with E-state index in [1.54, 1.807) is 38.4 Å². The van der Waals surface area contributed by atoms with E-state index in [1.165, 1.54) is 4.90 Å². The maximum absolute atomic E-state index is 12.5. The van der Waals surface area contributed by atoms with Crippen molar-refractivity contribution in [2.24, 2.45) is 0 Å². The van der Waals surface area contributed by atoms with E-state index in [9.17, 15) is 15.0 Å². The molecule has 1 heterocycles. The van der Waals surface area contributed by atoms with Crippen molar-refractivity contribution in [1.29, 1.82) is 0 Å². The normalized spacial score (nSPS) is 24.3. The first-order valence-electron chi connectivity index (χ1n) is 7.47. The minimum absolute atomic E-state index is 0.0766. The summed E-state index contributed by atoms with van der Waals surface area (Å²) in [6, 6.07) is 6.16. The van der Waals surface area contributed by atoms with Crippen LogP contribution in [0.25, 0.3) is 0 Å². The molecule has 0 bridgehead atoms. The molecule has 0 radical (unpaired) electrons. The number of carbonyl (C=O) groups is 1. The fourth-order valence-corrected chi connectivity index (χ4v) is 2.39. The number of aliphatic hydroxyl groups is 2. The van der Waals surface area contributed by atoms with Crippen LogP contribution in [0.1, 0.15) is 10.4 Å². The molecule has 1 amide bonds. The number of methoxy groups -OCH3 is 1. The van der Waals surface area contributed by atoms with Crippen molar-refractivity contribution in [1.82, 2.24) is 4.90 Å². The Morgan fingerprint density at radius 3 is 2.61 bits per heavy atom. The lowest BCUT2D eigenvalue weighted by molar-refractivity contribution is -0.122. The molecule has 1 aromatic carbocycles. The van der Waals surface area contributed by atoms with Gasteiger partial charge in [0, 0.05) is 19.7 Å². The Labute approximate surface area is 135 Å². The average Bonchev–Trinajstić information content (AvgIpc) is 2.57. The second kappa shape index (κ2) is 8.26. The summed E-state index contributed by atoms with van der Waals surface area (Å²) in [4.78, 5) is 13.9. The number of nitrogens with zero attached hydrogens (tertiary/aromatic N) is 1. The van der Waals surface area contributed by atoms with Crippen LogP contribution in [0.2, 0.25) is 0 Å². The van der Waals surface area contributed by atoms with Gasteiger partial charge in [0.1, 0.15) is 24.6 Å². The molecule has 23 heavy (non-hydrogen) atoms. The molecule has 2 rings (SSSR count). The van der Waals surface area contributed by atoms with E-state index in [0.717, 1.165) is 0 Å². The zero-order valence-electron chi connectivity index (χ0n) is 13.3. The maximum Gasteiger partial charge on any atom is 0.254 e. The van der Waals surface area contributed by atoms with Gasteiger partial charge in [0.15, 0.2) is 0 Å². The number of hydrogen-bond donors (Lipinski definition) is 2. The van der Waals surface area contributed by atoms with Gasteiger partial charge in [-0.3, -0.25) is 4.79 Å². The van der Waals surface area contributed by atoms with Crippen LogP contribution in [0.3, 0.4) is 0 Å². The Hall–Kier alpha value is -1.67. The Bertz CT molecular complexity index is 506. The number of aliphatic hydroxyl groups excluding tert-OH is 2. The van der Waals surface area contributed by atoms with Crippen molar-refractivity contribution >= 4 is 5.91 Å². The Balaban J connectivity index is 1.98. The molecule has 128 valence electrons. The molecule has 7 heteroatoms. The van der Waals surface area contributed by atoms with Gasteiger partial charge in [-0.05, 0) is 24.3 Å². The quantitative estimate of drug-likeness (QED) is 0.711. The minimum atomic E-state index is -1.02. The molecule has 1 aliphatic heterocycles. The van der Waals surface area contributed by atoms with E-state index in [2.05, 4.69) is 0 Å². The topological polar surface area (TPSA) is 88.5 Å². The molecule has 0 unspecified atom stereocenters. The zero-order chi connectivity index (χ0) is 16.8. The van der Waals surface area contributed by atoms with Gasteiger partial charge in [-0.15, -0.1) is 0 Å². The van der Waals surface area contributed by atoms with Crippen LogP contribution in [-0.2, 0) is 9.47 Å². The van der Waals surface area contributed by atoms with Gasteiger partial charge in [0.05, 0.1) is 25.9 Å². The molecule has 0 saturated carbocycles. The molecule has 1 saturated heterocycles. The van der Waals surface area contributed by atoms with Crippen molar-refractivity contribution in [3.63, 3.8) is 0 Å². The summed E-state index contributed by atoms with van der Waals surface area (Å²) >= 11 is 0. The van der Waals surface area contributed by atoms with E-state index in [1.807, 2.05) is 0 Å². The summed E-state index contributed by atoms with van der Waals surface area (Å²) in [5.74, 6) is 0.396. The van der Waals surface area contributed by atoms with E-state index in [0.29, 0.717) is 24.5 Å². The number of likely N-dealkylation sites (N-methyl/N-ethyl adjacent to an activating group) is 1. The van der Waals surface area contributed by atoms with Crippen molar-refractivity contribution in [3.05, 3.63) is 29.8 Å². The van der Waals surface area contributed by atoms with E-state index < -0.39 is 18.2 Å². The number of rotatable bonds is 6. The molecule has 1 fully saturated rings. The van der Waals surface area contributed by atoms with Crippen LogP contribution < -0.4 is 4.74 Å². The second-order valence-corrected chi connectivity index (χ2v) is 5.44. The van der Waals surface area contributed by atoms with Crippen LogP contribution in [0.5, 0.6) is 5.75 Å². The molecule has 3 atom stereocenters. The van der Waals surface area contributed by atoms with Crippen LogP contribution in [0, 0.1) is 0 Å². The molecular weight excluding hydrogens is 302 g/mol. The third kappa shape index (κ3) is 4.42. The summed E-state index contributed by atoms with van der Waals surface area (Å²) in [6.45, 7) is 1.20. The molecule has 1 aromatic rings. The van der Waals surface area contributed by atoms with Gasteiger partial charge in [-0.1, -0.05) is 0 Å². The molecule has 7 nitrogen and oxygen atoms in total. The molecule has 0 spiro atoms. The lowest BCUT2D eigenvalue weighted by Gasteiger charge is -2.37. The summed E-state index contributed by atoms with van der Waals surface area (Å²) < 4.78 is 15.6. The minimum Gasteiger partial charge on any atom is -0.491 e. The summed E-state index contributed by atoms with van der Waals surface area (Å²) in [5.41, 5.74) is 0.471. The van der Waals surface area contributed by atoms with E-state index in [-0.39, 0.29) is 19.1 Å². The van der Waals surface area contributed by atoms with Crippen LogP contribution in [0.15, 0.2) is 24.3 Å². The molecular formula is C16H23NO6. The van der Waals surface area contributed by atoms with Crippen LogP contribution >= 0.6 is 0 Å². The third-order valence-electron chi connectivity index (χ3n) is 3.84. The Morgan fingerprint density at radius 2 is 1.96 bits per heavy atom. The predicted molar refractivity (Wildman–Crippen MR) is 82.5 cm³/mol. The maximum atomic E-state index is 12.5. The van der Waals surface area contributed by atoms with Gasteiger partial charge in [0.25, 0.3) is 5.91 Å². The average molecular weight is 325 g/mol. The number of hydrogen-bond acceptors (Lipinski definition) is 6. The lowest BCUT2D eigenvalue weighted by atomic mass is 10.0. The van der Waals surface area contributed by atoms with Crippen molar-refractivity contribution < 1.29 is 29.2 Å². The Kier molecular flexibility index (Phi) is 6.35. The van der Waals surface area contributed by atoms with Gasteiger partial charge >= 0.3 is 0 Å². The zero-order valence-corrected chi connectivity index (χ0v) is 13.3. The highest BCUT2D eigenvalue weighted by Crippen LogP contribution is 2.18. The second-order valence-electron chi connectivity index (χ2n) is 5.44. The highest BCUT2D eigenvalue weighted by Gasteiger charge is 2.36. The standard InChI is InChI=1S/C16H23NO6/c1-17(13-9-22-10-14(18)15(13)19)16(20)11-3-5-12(6-4-11)23-8-7-21-2/h3-6,13-15,18-19H,7-10H2,1-2H3/t13-,14-,15+/m1/s1. The smallest absolute Gasteiger partial charge is 0.254 e. The summed E-state index contributed by atoms with van der Waals surface area (Å²) in [5, 5.41) is 19.7. The fourth-order valence-electron chi connectivity index (χ4n) is 2.39. The van der Waals surface area contributed by atoms with Gasteiger partial charge in [-0.25, -0.2) is 0 Å². The van der Waals surface area contributed by atoms with Gasteiger partial charge in [0.2, 0.25) is 0 Å². The fraction of sp³-hybridized carbons (Fsp3) is 0.562. The molecule has 1 aliphatic rings. The van der Waals surface area contributed by atoms with Gasteiger partial charge < -0.3 is 29.3 Å². The monoisotopic (exact) mass is 325 g/mol. The number of carbonyl (C=O) groups excluding carboxylic acids is 1. The highest BCUT2D eigenvalue weighted by atomic mass is 16.5. The first-order chi connectivity index (χ1) is 11.0. The largest absolute Gasteiger partial charge is 0.491 e. The summed E-state index contributed by atoms with van der Waals surface area (Å²) in [7, 11) is 3.18. The van der Waals surface area contributed by atoms with E-state index in [4.69, 9.17) is 14.2 Å². The Morgan fingerprint density at radius 1 is 1.26 bits per heavy atom. The third-order valence-corrected chi connectivity index (χ3v) is 3.84. The first kappa shape index (κ1) is 17.7. The molecule has 0 aromatic heterocycles. The molecule has 2 N–H and O–H groups in total. The van der Waals surface area contributed by atoms with Crippen molar-refractivity contribution in [2.45, 2.75) is 18.2 Å². The van der Waals surface area contributed by atoms with Crippen molar-refractivity contribution in [3.8, 4) is 5.75 Å². The van der Waals surface area contributed by atoms with Crippen LogP contribution in [-0.4, -0.2) is 79.9 Å². The SMILES string of the molecule is COCCOc1ccc(C(=O)N(C)[C@@H]2COC[C@@H](O)[C@H]2O)cc1. The van der Waals surface area contributed by atoms with Crippen molar-refractivity contribution in [2.75, 3.05) is 40.6 Å².